The Kier molecular flexibility index (Phi) is 4.16. The second-order valence-electron chi connectivity index (χ2n) is 4.25. The van der Waals surface area contributed by atoms with Crippen LogP contribution in [-0.2, 0) is 0 Å². The number of nitrogens with zero attached hydrogens (tertiary/aromatic N) is 1. The summed E-state index contributed by atoms with van der Waals surface area (Å²) in [6.07, 6.45) is 3.60. The standard InChI is InChI=1S/C10H21NO2/c1-8(12)7-11(2)9-3-5-10(13)6-4-9/h8-10,12-13H,3-7H2,1-2H3. The van der Waals surface area contributed by atoms with E-state index in [1.54, 1.807) is 0 Å². The summed E-state index contributed by atoms with van der Waals surface area (Å²) in [4.78, 5) is 2.20. The van der Waals surface area contributed by atoms with Gasteiger partial charge in [-0.25, -0.2) is 0 Å². The topological polar surface area (TPSA) is 43.7 Å². The number of likely N-dealkylation sites (N-methyl/N-ethyl adjacent to an activating group) is 1. The summed E-state index contributed by atoms with van der Waals surface area (Å²) in [5.74, 6) is 0. The lowest BCUT2D eigenvalue weighted by atomic mass is 9.92. The molecule has 0 radical (unpaired) electrons. The Labute approximate surface area is 80.4 Å². The van der Waals surface area contributed by atoms with Crippen LogP contribution in [0.25, 0.3) is 0 Å². The molecule has 1 unspecified atom stereocenters. The molecule has 2 N–H and O–H groups in total. The van der Waals surface area contributed by atoms with Crippen LogP contribution in [0.5, 0.6) is 0 Å². The molecular formula is C10H21NO2. The molecule has 1 aliphatic rings. The van der Waals surface area contributed by atoms with Crippen molar-refractivity contribution in [3.8, 4) is 0 Å². The van der Waals surface area contributed by atoms with Gasteiger partial charge in [-0.05, 0) is 39.7 Å². The van der Waals surface area contributed by atoms with Crippen LogP contribution in [0.4, 0.5) is 0 Å². The first-order valence-electron chi connectivity index (χ1n) is 5.16. The second kappa shape index (κ2) is 4.94. The molecule has 78 valence electrons. The summed E-state index contributed by atoms with van der Waals surface area (Å²) in [5, 5.41) is 18.5. The van der Waals surface area contributed by atoms with Gasteiger partial charge in [0.05, 0.1) is 12.2 Å². The van der Waals surface area contributed by atoms with E-state index in [0.29, 0.717) is 6.04 Å². The molecule has 1 fully saturated rings. The van der Waals surface area contributed by atoms with E-state index in [0.717, 1.165) is 32.2 Å². The number of rotatable bonds is 3. The fourth-order valence-corrected chi connectivity index (χ4v) is 2.06. The van der Waals surface area contributed by atoms with Gasteiger partial charge in [0.25, 0.3) is 0 Å². The Balaban J connectivity index is 2.27. The number of aliphatic hydroxyl groups is 2. The lowest BCUT2D eigenvalue weighted by Gasteiger charge is -2.33. The maximum Gasteiger partial charge on any atom is 0.0639 e. The molecule has 1 aliphatic carbocycles. The van der Waals surface area contributed by atoms with E-state index in [2.05, 4.69) is 11.9 Å². The minimum absolute atomic E-state index is 0.0869. The number of aliphatic hydroxyl groups excluding tert-OH is 2. The van der Waals surface area contributed by atoms with Crippen LogP contribution in [0, 0.1) is 0 Å². The molecule has 0 bridgehead atoms. The quantitative estimate of drug-likeness (QED) is 0.680. The zero-order valence-electron chi connectivity index (χ0n) is 8.61. The van der Waals surface area contributed by atoms with Crippen LogP contribution in [0.3, 0.4) is 0 Å². The third kappa shape index (κ3) is 3.63. The van der Waals surface area contributed by atoms with Gasteiger partial charge in [0.2, 0.25) is 0 Å². The second-order valence-corrected chi connectivity index (χ2v) is 4.25. The lowest BCUT2D eigenvalue weighted by Crippen LogP contribution is -2.39. The van der Waals surface area contributed by atoms with E-state index in [-0.39, 0.29) is 12.2 Å². The first-order chi connectivity index (χ1) is 6.09. The maximum atomic E-state index is 9.32. The number of hydrogen-bond donors (Lipinski definition) is 2. The summed E-state index contributed by atoms with van der Waals surface area (Å²) in [7, 11) is 2.05. The molecule has 0 aromatic rings. The molecule has 0 amide bonds. The highest BCUT2D eigenvalue weighted by Gasteiger charge is 2.22. The SMILES string of the molecule is CC(O)CN(C)C1CCC(O)CC1. The lowest BCUT2D eigenvalue weighted by molar-refractivity contribution is 0.0620. The van der Waals surface area contributed by atoms with Gasteiger partial charge >= 0.3 is 0 Å². The van der Waals surface area contributed by atoms with Gasteiger partial charge in [-0.3, -0.25) is 0 Å². The highest BCUT2D eigenvalue weighted by molar-refractivity contribution is 4.78. The van der Waals surface area contributed by atoms with Crippen LogP contribution in [0.1, 0.15) is 32.6 Å². The third-order valence-corrected chi connectivity index (χ3v) is 2.84. The zero-order valence-corrected chi connectivity index (χ0v) is 8.61. The summed E-state index contributed by atoms with van der Waals surface area (Å²) < 4.78 is 0. The Morgan fingerprint density at radius 3 is 2.31 bits per heavy atom. The van der Waals surface area contributed by atoms with Gasteiger partial charge in [0, 0.05) is 12.6 Å². The molecule has 0 aromatic heterocycles. The Morgan fingerprint density at radius 2 is 1.85 bits per heavy atom. The van der Waals surface area contributed by atoms with Crippen LogP contribution >= 0.6 is 0 Å². The highest BCUT2D eigenvalue weighted by atomic mass is 16.3. The van der Waals surface area contributed by atoms with Gasteiger partial charge in [0.1, 0.15) is 0 Å². The maximum absolute atomic E-state index is 9.32. The third-order valence-electron chi connectivity index (χ3n) is 2.84. The van der Waals surface area contributed by atoms with Gasteiger partial charge in [-0.15, -0.1) is 0 Å². The number of hydrogen-bond acceptors (Lipinski definition) is 3. The molecule has 1 atom stereocenters. The molecule has 1 rings (SSSR count). The van der Waals surface area contributed by atoms with E-state index in [9.17, 15) is 10.2 Å². The zero-order chi connectivity index (χ0) is 9.84. The summed E-state index contributed by atoms with van der Waals surface area (Å²) in [6, 6.07) is 0.554. The molecule has 1 saturated carbocycles. The van der Waals surface area contributed by atoms with E-state index in [1.165, 1.54) is 0 Å². The Morgan fingerprint density at radius 1 is 1.31 bits per heavy atom. The van der Waals surface area contributed by atoms with Gasteiger partial charge in [0.15, 0.2) is 0 Å². The fourth-order valence-electron chi connectivity index (χ4n) is 2.06. The van der Waals surface area contributed by atoms with Crippen molar-refractivity contribution in [1.29, 1.82) is 0 Å². The van der Waals surface area contributed by atoms with Crippen molar-refractivity contribution in [2.75, 3.05) is 13.6 Å². The van der Waals surface area contributed by atoms with E-state index < -0.39 is 0 Å². The first kappa shape index (κ1) is 11.0. The highest BCUT2D eigenvalue weighted by Crippen LogP contribution is 2.22. The van der Waals surface area contributed by atoms with Crippen molar-refractivity contribution in [3.05, 3.63) is 0 Å². The van der Waals surface area contributed by atoms with Crippen LogP contribution in [0.15, 0.2) is 0 Å². The minimum atomic E-state index is -0.253. The van der Waals surface area contributed by atoms with Gasteiger partial charge in [-0.2, -0.15) is 0 Å². The van der Waals surface area contributed by atoms with Gasteiger partial charge < -0.3 is 15.1 Å². The van der Waals surface area contributed by atoms with Gasteiger partial charge in [-0.1, -0.05) is 0 Å². The molecule has 0 saturated heterocycles. The van der Waals surface area contributed by atoms with Crippen molar-refractivity contribution in [2.24, 2.45) is 0 Å². The van der Waals surface area contributed by atoms with Crippen molar-refractivity contribution in [2.45, 2.75) is 50.9 Å². The minimum Gasteiger partial charge on any atom is -0.393 e. The molecule has 3 heteroatoms. The normalized spacial score (nSPS) is 32.1. The van der Waals surface area contributed by atoms with Crippen molar-refractivity contribution >= 4 is 0 Å². The van der Waals surface area contributed by atoms with Crippen LogP contribution < -0.4 is 0 Å². The average molecular weight is 187 g/mol. The predicted octanol–water partition coefficient (Wildman–Crippen LogP) is 0.602. The fraction of sp³-hybridized carbons (Fsp3) is 1.00. The predicted molar refractivity (Wildman–Crippen MR) is 52.6 cm³/mol. The molecule has 3 nitrogen and oxygen atoms in total. The molecule has 0 aromatic carbocycles. The largest absolute Gasteiger partial charge is 0.393 e. The van der Waals surface area contributed by atoms with Crippen molar-refractivity contribution < 1.29 is 10.2 Å². The van der Waals surface area contributed by atoms with Crippen LogP contribution in [-0.4, -0.2) is 47.0 Å². The van der Waals surface area contributed by atoms with E-state index in [1.807, 2.05) is 6.92 Å². The van der Waals surface area contributed by atoms with E-state index in [4.69, 9.17) is 0 Å². The Bertz CT molecular complexity index is 142. The molecule has 13 heavy (non-hydrogen) atoms. The monoisotopic (exact) mass is 187 g/mol. The smallest absolute Gasteiger partial charge is 0.0639 e. The summed E-state index contributed by atoms with van der Waals surface area (Å²) in [6.45, 7) is 2.55. The van der Waals surface area contributed by atoms with Crippen LogP contribution in [0.2, 0.25) is 0 Å². The molecule has 0 aliphatic heterocycles. The molecule has 0 spiro atoms. The average Bonchev–Trinajstić information content (AvgIpc) is 2.04. The van der Waals surface area contributed by atoms with Crippen molar-refractivity contribution in [1.82, 2.24) is 4.90 Å². The first-order valence-corrected chi connectivity index (χ1v) is 5.16. The summed E-state index contributed by atoms with van der Waals surface area (Å²) in [5.41, 5.74) is 0. The molecular weight excluding hydrogens is 166 g/mol. The molecule has 0 heterocycles. The van der Waals surface area contributed by atoms with E-state index >= 15 is 0 Å². The summed E-state index contributed by atoms with van der Waals surface area (Å²) >= 11 is 0. The van der Waals surface area contributed by atoms with Crippen molar-refractivity contribution in [3.63, 3.8) is 0 Å². The Hall–Kier alpha value is -0.120.